The molecule has 2 aromatic rings. The van der Waals surface area contributed by atoms with Crippen LogP contribution in [0.15, 0.2) is 29.6 Å². The highest BCUT2D eigenvalue weighted by Crippen LogP contribution is 2.40. The van der Waals surface area contributed by atoms with E-state index in [0.29, 0.717) is 19.5 Å². The summed E-state index contributed by atoms with van der Waals surface area (Å²) in [6.07, 6.45) is 0.925. The second-order valence-electron chi connectivity index (χ2n) is 6.03. The van der Waals surface area contributed by atoms with Gasteiger partial charge in [0.25, 0.3) is 0 Å². The fraction of sp³-hybridized carbons (Fsp3) is 0.312. The summed E-state index contributed by atoms with van der Waals surface area (Å²) in [5, 5.41) is 5.15. The molecule has 1 spiro atoms. The highest BCUT2D eigenvalue weighted by Gasteiger charge is 2.51. The van der Waals surface area contributed by atoms with E-state index >= 15 is 0 Å². The normalized spacial score (nSPS) is 23.8. The molecule has 2 saturated heterocycles. The Hall–Kier alpha value is -2.28. The van der Waals surface area contributed by atoms with E-state index < -0.39 is 5.41 Å². The molecule has 0 bridgehead atoms. The van der Waals surface area contributed by atoms with Crippen LogP contribution in [0.5, 0.6) is 0 Å². The van der Waals surface area contributed by atoms with Crippen LogP contribution in [0.1, 0.15) is 12.8 Å². The van der Waals surface area contributed by atoms with Crippen molar-refractivity contribution in [1.82, 2.24) is 10.3 Å². The van der Waals surface area contributed by atoms with Crippen molar-refractivity contribution >= 4 is 28.3 Å². The number of hydrogen-bond acceptors (Lipinski definition) is 5. The van der Waals surface area contributed by atoms with Crippen LogP contribution in [0.4, 0.5) is 9.52 Å². The van der Waals surface area contributed by atoms with Crippen molar-refractivity contribution in [3.05, 3.63) is 35.5 Å². The Bertz CT molecular complexity index is 789. The summed E-state index contributed by atoms with van der Waals surface area (Å²) in [6.45, 7) is 1.22. The topological polar surface area (TPSA) is 62.3 Å². The number of rotatable bonds is 2. The molecule has 2 aliphatic rings. The van der Waals surface area contributed by atoms with E-state index in [4.69, 9.17) is 0 Å². The first kappa shape index (κ1) is 14.3. The third kappa shape index (κ3) is 2.41. The van der Waals surface area contributed by atoms with Crippen molar-refractivity contribution in [1.29, 1.82) is 0 Å². The Balaban J connectivity index is 1.55. The number of carbonyl (C=O) groups excluding carboxylic acids is 2. The number of aromatic nitrogens is 1. The number of thiazole rings is 1. The van der Waals surface area contributed by atoms with Crippen LogP contribution in [-0.2, 0) is 9.59 Å². The van der Waals surface area contributed by atoms with Crippen molar-refractivity contribution in [2.45, 2.75) is 12.8 Å². The molecule has 0 unspecified atom stereocenters. The Kier molecular flexibility index (Phi) is 3.19. The zero-order chi connectivity index (χ0) is 16.0. The van der Waals surface area contributed by atoms with Gasteiger partial charge in [0.05, 0.1) is 11.1 Å². The van der Waals surface area contributed by atoms with E-state index in [1.54, 1.807) is 12.1 Å². The van der Waals surface area contributed by atoms with Crippen LogP contribution >= 0.6 is 11.3 Å². The van der Waals surface area contributed by atoms with Crippen molar-refractivity contribution in [3.63, 3.8) is 0 Å². The van der Waals surface area contributed by atoms with Gasteiger partial charge in [0.1, 0.15) is 5.82 Å². The highest BCUT2D eigenvalue weighted by atomic mass is 32.1. The fourth-order valence-electron chi connectivity index (χ4n) is 3.22. The Morgan fingerprint density at radius 3 is 2.74 bits per heavy atom. The number of halogens is 1. The van der Waals surface area contributed by atoms with Crippen molar-refractivity contribution in [2.75, 3.05) is 18.0 Å². The molecule has 1 N–H and O–H groups in total. The Morgan fingerprint density at radius 1 is 1.26 bits per heavy atom. The zero-order valence-corrected chi connectivity index (χ0v) is 13.0. The number of nitrogens with zero attached hydrogens (tertiary/aromatic N) is 2. The molecule has 7 heteroatoms. The summed E-state index contributed by atoms with van der Waals surface area (Å²) in [5.74, 6) is -0.633. The van der Waals surface area contributed by atoms with Gasteiger partial charge in [0.15, 0.2) is 5.13 Å². The first-order chi connectivity index (χ1) is 11.1. The van der Waals surface area contributed by atoms with E-state index in [0.717, 1.165) is 16.4 Å². The number of hydrogen-bond donors (Lipinski definition) is 1. The Morgan fingerprint density at radius 2 is 2.04 bits per heavy atom. The summed E-state index contributed by atoms with van der Waals surface area (Å²) in [6, 6.07) is 6.22. The number of nitrogens with one attached hydrogen (secondary N) is 1. The second kappa shape index (κ2) is 5.13. The van der Waals surface area contributed by atoms with Crippen LogP contribution < -0.4 is 10.2 Å². The molecule has 5 nitrogen and oxygen atoms in total. The van der Waals surface area contributed by atoms with Gasteiger partial charge in [0, 0.05) is 30.5 Å². The molecule has 1 atom stereocenters. The van der Waals surface area contributed by atoms with Gasteiger partial charge in [-0.25, -0.2) is 9.37 Å². The average Bonchev–Trinajstić information content (AvgIpc) is 3.20. The van der Waals surface area contributed by atoms with E-state index in [9.17, 15) is 14.0 Å². The lowest BCUT2D eigenvalue weighted by molar-refractivity contribution is -0.127. The van der Waals surface area contributed by atoms with Crippen molar-refractivity contribution < 1.29 is 14.0 Å². The molecule has 2 fully saturated rings. The van der Waals surface area contributed by atoms with Gasteiger partial charge in [-0.15, -0.1) is 11.3 Å². The molecule has 0 radical (unpaired) electrons. The van der Waals surface area contributed by atoms with Crippen LogP contribution in [0.3, 0.4) is 0 Å². The van der Waals surface area contributed by atoms with Crippen molar-refractivity contribution in [2.24, 2.45) is 5.41 Å². The van der Waals surface area contributed by atoms with E-state index in [2.05, 4.69) is 15.2 Å². The van der Waals surface area contributed by atoms with E-state index in [1.165, 1.54) is 23.5 Å². The maximum absolute atomic E-state index is 13.0. The lowest BCUT2D eigenvalue weighted by Gasteiger charge is -2.19. The summed E-state index contributed by atoms with van der Waals surface area (Å²) in [7, 11) is 0. The molecule has 1 aromatic carbocycles. The van der Waals surface area contributed by atoms with Gasteiger partial charge >= 0.3 is 0 Å². The molecule has 0 saturated carbocycles. The average molecular weight is 331 g/mol. The molecule has 2 amide bonds. The van der Waals surface area contributed by atoms with Crippen LogP contribution in [-0.4, -0.2) is 29.9 Å². The summed E-state index contributed by atoms with van der Waals surface area (Å²) in [4.78, 5) is 30.2. The number of imide groups is 1. The van der Waals surface area contributed by atoms with Gasteiger partial charge in [-0.3, -0.25) is 14.9 Å². The van der Waals surface area contributed by atoms with Gasteiger partial charge in [-0.1, -0.05) is 0 Å². The minimum Gasteiger partial charge on any atom is -0.347 e. The minimum atomic E-state index is -0.598. The molecule has 2 aliphatic heterocycles. The molecule has 3 heterocycles. The third-order valence-corrected chi connectivity index (χ3v) is 5.39. The molecular weight excluding hydrogens is 317 g/mol. The standard InChI is InChI=1S/C16H14FN3O2S/c17-11-3-1-10(2-4-11)12-8-23-15(18-12)20-6-5-16(9-20)7-13(21)19-14(16)22/h1-4,8H,5-7,9H2,(H,19,21,22)/t16-/m0/s1. The quantitative estimate of drug-likeness (QED) is 0.857. The molecule has 4 rings (SSSR count). The van der Waals surface area contributed by atoms with Crippen molar-refractivity contribution in [3.8, 4) is 11.3 Å². The summed E-state index contributed by atoms with van der Waals surface area (Å²) in [5.41, 5.74) is 1.05. The molecule has 23 heavy (non-hydrogen) atoms. The predicted octanol–water partition coefficient (Wildman–Crippen LogP) is 2.19. The second-order valence-corrected chi connectivity index (χ2v) is 6.86. The monoisotopic (exact) mass is 331 g/mol. The van der Waals surface area contributed by atoms with E-state index in [1.807, 2.05) is 5.38 Å². The number of benzene rings is 1. The van der Waals surface area contributed by atoms with Gasteiger partial charge in [-0.05, 0) is 30.7 Å². The SMILES string of the molecule is O=C1C[C@]2(CCN(c3nc(-c4ccc(F)cc4)cs3)C2)C(=O)N1. The maximum Gasteiger partial charge on any atom is 0.235 e. The van der Waals surface area contributed by atoms with Crippen LogP contribution in [0.2, 0.25) is 0 Å². The molecule has 118 valence electrons. The van der Waals surface area contributed by atoms with Gasteiger partial charge < -0.3 is 4.90 Å². The largest absolute Gasteiger partial charge is 0.347 e. The van der Waals surface area contributed by atoms with E-state index in [-0.39, 0.29) is 24.1 Å². The number of carbonyl (C=O) groups is 2. The summed E-state index contributed by atoms with van der Waals surface area (Å²) < 4.78 is 13.0. The lowest BCUT2D eigenvalue weighted by atomic mass is 9.85. The first-order valence-electron chi connectivity index (χ1n) is 7.36. The number of amides is 2. The zero-order valence-electron chi connectivity index (χ0n) is 12.2. The molecular formula is C16H14FN3O2S. The minimum absolute atomic E-state index is 0.166. The Labute approximate surface area is 136 Å². The highest BCUT2D eigenvalue weighted by molar-refractivity contribution is 7.14. The fourth-order valence-corrected chi connectivity index (χ4v) is 4.08. The third-order valence-electron chi connectivity index (χ3n) is 4.49. The first-order valence-corrected chi connectivity index (χ1v) is 8.24. The molecule has 1 aromatic heterocycles. The smallest absolute Gasteiger partial charge is 0.235 e. The maximum atomic E-state index is 13.0. The lowest BCUT2D eigenvalue weighted by Crippen LogP contribution is -2.34. The van der Waals surface area contributed by atoms with Crippen LogP contribution in [0, 0.1) is 11.2 Å². The van der Waals surface area contributed by atoms with Gasteiger partial charge in [-0.2, -0.15) is 0 Å². The van der Waals surface area contributed by atoms with Crippen LogP contribution in [0.25, 0.3) is 11.3 Å². The number of anilines is 1. The molecule has 0 aliphatic carbocycles. The van der Waals surface area contributed by atoms with Gasteiger partial charge in [0.2, 0.25) is 11.8 Å². The summed E-state index contributed by atoms with van der Waals surface area (Å²) >= 11 is 1.49. The predicted molar refractivity (Wildman–Crippen MR) is 84.5 cm³/mol.